The molecule has 0 aliphatic carbocycles. The number of rotatable bonds is 5. The molecule has 0 saturated carbocycles. The van der Waals surface area contributed by atoms with E-state index in [4.69, 9.17) is 9.72 Å². The molecular weight excluding hydrogens is 394 g/mol. The maximum Gasteiger partial charge on any atom is 0.129 e. The Hall–Kier alpha value is -1.50. The Morgan fingerprint density at radius 2 is 2.07 bits per heavy atom. The van der Waals surface area contributed by atoms with Crippen molar-refractivity contribution in [1.82, 2.24) is 9.88 Å². The van der Waals surface area contributed by atoms with Crippen LogP contribution in [-0.2, 0) is 0 Å². The standard InChI is InChI=1S/C24H33N3O2S/c1-3-16-15-27-7-6-17(16)12-22(27)24(28)20-14-23(26-8-10-30-11-9-26)25-21-5-4-18(29-2)13-19(20)21/h4-5,13-14,16-17,22,24,28H,3,6-12,15H2,1-2H3/t16-,17+,22?,24+/m0/s1. The molecule has 162 valence electrons. The summed E-state index contributed by atoms with van der Waals surface area (Å²) in [6.07, 6.45) is 3.13. The fourth-order valence-electron chi connectivity index (χ4n) is 5.72. The summed E-state index contributed by atoms with van der Waals surface area (Å²) >= 11 is 2.00. The molecule has 0 spiro atoms. The molecule has 2 bridgehead atoms. The molecule has 2 unspecified atom stereocenters. The highest BCUT2D eigenvalue weighted by atomic mass is 32.2. The van der Waals surface area contributed by atoms with E-state index in [0.717, 1.165) is 84.0 Å². The second-order valence-electron chi connectivity index (χ2n) is 9.01. The lowest BCUT2D eigenvalue weighted by molar-refractivity contribution is -0.0562. The van der Waals surface area contributed by atoms with Gasteiger partial charge >= 0.3 is 0 Å². The zero-order valence-corrected chi connectivity index (χ0v) is 18.9. The minimum Gasteiger partial charge on any atom is -0.497 e. The largest absolute Gasteiger partial charge is 0.497 e. The fraction of sp³-hybridized carbons (Fsp3) is 0.625. The zero-order chi connectivity index (χ0) is 20.7. The van der Waals surface area contributed by atoms with Gasteiger partial charge in [-0.25, -0.2) is 4.98 Å². The molecule has 4 aliphatic rings. The SMILES string of the molecule is CC[C@H]1CN2CC[C@@H]1CC2[C@H](O)c1cc(N2CCSCC2)nc2ccc(OC)cc12. The highest BCUT2D eigenvalue weighted by molar-refractivity contribution is 7.99. The summed E-state index contributed by atoms with van der Waals surface area (Å²) in [5.41, 5.74) is 1.96. The minimum absolute atomic E-state index is 0.202. The molecule has 30 heavy (non-hydrogen) atoms. The summed E-state index contributed by atoms with van der Waals surface area (Å²) in [7, 11) is 1.70. The van der Waals surface area contributed by atoms with Gasteiger partial charge in [-0.1, -0.05) is 13.3 Å². The highest BCUT2D eigenvalue weighted by Gasteiger charge is 2.42. The molecule has 1 N–H and O–H groups in total. The first-order chi connectivity index (χ1) is 14.7. The second-order valence-corrected chi connectivity index (χ2v) is 10.2. The molecule has 5 heterocycles. The highest BCUT2D eigenvalue weighted by Crippen LogP contribution is 2.43. The van der Waals surface area contributed by atoms with E-state index >= 15 is 0 Å². The molecule has 2 aromatic rings. The molecule has 4 aliphatic heterocycles. The van der Waals surface area contributed by atoms with Gasteiger partial charge in [0.25, 0.3) is 0 Å². The summed E-state index contributed by atoms with van der Waals surface area (Å²) in [4.78, 5) is 9.89. The number of methoxy groups -OCH3 is 1. The number of ether oxygens (including phenoxy) is 1. The number of thioether (sulfide) groups is 1. The first-order valence-electron chi connectivity index (χ1n) is 11.4. The van der Waals surface area contributed by atoms with Crippen molar-refractivity contribution in [3.63, 3.8) is 0 Å². The first kappa shape index (κ1) is 20.4. The Morgan fingerprint density at radius 3 is 2.77 bits per heavy atom. The molecule has 0 amide bonds. The third-order valence-corrected chi connectivity index (χ3v) is 8.46. The van der Waals surface area contributed by atoms with E-state index in [1.165, 1.54) is 12.8 Å². The van der Waals surface area contributed by atoms with Crippen LogP contribution >= 0.6 is 11.8 Å². The van der Waals surface area contributed by atoms with Crippen molar-refractivity contribution in [3.8, 4) is 5.75 Å². The van der Waals surface area contributed by atoms with Gasteiger partial charge in [-0.3, -0.25) is 4.90 Å². The molecule has 0 radical (unpaired) electrons. The third kappa shape index (κ3) is 3.67. The number of nitrogens with zero attached hydrogens (tertiary/aromatic N) is 3. The summed E-state index contributed by atoms with van der Waals surface area (Å²) in [6.45, 7) is 6.59. The predicted molar refractivity (Wildman–Crippen MR) is 125 cm³/mol. The van der Waals surface area contributed by atoms with Gasteiger partial charge in [0.15, 0.2) is 0 Å². The number of benzene rings is 1. The van der Waals surface area contributed by atoms with Gasteiger partial charge in [0.2, 0.25) is 0 Å². The van der Waals surface area contributed by atoms with Crippen LogP contribution in [0.15, 0.2) is 24.3 Å². The topological polar surface area (TPSA) is 48.8 Å². The Morgan fingerprint density at radius 1 is 1.23 bits per heavy atom. The van der Waals surface area contributed by atoms with E-state index in [1.54, 1.807) is 7.11 Å². The first-order valence-corrected chi connectivity index (χ1v) is 12.6. The van der Waals surface area contributed by atoms with Crippen LogP contribution in [0.5, 0.6) is 5.75 Å². The van der Waals surface area contributed by atoms with Gasteiger partial charge < -0.3 is 14.7 Å². The van der Waals surface area contributed by atoms with Crippen LogP contribution < -0.4 is 9.64 Å². The quantitative estimate of drug-likeness (QED) is 0.780. The van der Waals surface area contributed by atoms with Gasteiger partial charge in [-0.05, 0) is 61.1 Å². The molecule has 1 aromatic carbocycles. The van der Waals surface area contributed by atoms with Crippen molar-refractivity contribution in [3.05, 3.63) is 29.8 Å². The fourth-order valence-corrected chi connectivity index (χ4v) is 6.62. The third-order valence-electron chi connectivity index (χ3n) is 7.51. The van der Waals surface area contributed by atoms with Crippen LogP contribution in [0, 0.1) is 11.8 Å². The number of fused-ring (bicyclic) bond motifs is 4. The summed E-state index contributed by atoms with van der Waals surface area (Å²) in [6, 6.07) is 8.41. The lowest BCUT2D eigenvalue weighted by Gasteiger charge is -2.51. The van der Waals surface area contributed by atoms with E-state index in [9.17, 15) is 5.11 Å². The van der Waals surface area contributed by atoms with Crippen molar-refractivity contribution in [2.75, 3.05) is 49.7 Å². The van der Waals surface area contributed by atoms with Crippen molar-refractivity contribution in [2.24, 2.45) is 11.8 Å². The van der Waals surface area contributed by atoms with Gasteiger partial charge in [0, 0.05) is 42.6 Å². The van der Waals surface area contributed by atoms with E-state index in [0.29, 0.717) is 0 Å². The number of hydrogen-bond acceptors (Lipinski definition) is 6. The molecule has 1 aromatic heterocycles. The molecule has 6 heteroatoms. The number of aliphatic hydroxyl groups excluding tert-OH is 1. The minimum atomic E-state index is -0.499. The predicted octanol–water partition coefficient (Wildman–Crippen LogP) is 3.95. The smallest absolute Gasteiger partial charge is 0.129 e. The van der Waals surface area contributed by atoms with Crippen LogP contribution in [0.2, 0.25) is 0 Å². The van der Waals surface area contributed by atoms with Gasteiger partial charge in [0.1, 0.15) is 11.6 Å². The molecular formula is C24H33N3O2S. The number of piperidine rings is 3. The van der Waals surface area contributed by atoms with Crippen molar-refractivity contribution >= 4 is 28.5 Å². The number of pyridine rings is 1. The molecule has 5 nitrogen and oxygen atoms in total. The van der Waals surface area contributed by atoms with Crippen molar-refractivity contribution in [2.45, 2.75) is 38.3 Å². The van der Waals surface area contributed by atoms with Gasteiger partial charge in [0.05, 0.1) is 18.7 Å². The van der Waals surface area contributed by atoms with Crippen molar-refractivity contribution < 1.29 is 9.84 Å². The maximum absolute atomic E-state index is 11.7. The second kappa shape index (κ2) is 8.56. The van der Waals surface area contributed by atoms with E-state index in [1.807, 2.05) is 30.0 Å². The lowest BCUT2D eigenvalue weighted by atomic mass is 9.72. The summed E-state index contributed by atoms with van der Waals surface area (Å²) in [5, 5.41) is 12.7. The monoisotopic (exact) mass is 427 g/mol. The van der Waals surface area contributed by atoms with Crippen LogP contribution in [0.1, 0.15) is 37.9 Å². The normalized spacial score (nSPS) is 29.9. The molecule has 4 saturated heterocycles. The Kier molecular flexibility index (Phi) is 5.82. The number of aliphatic hydroxyl groups is 1. The van der Waals surface area contributed by atoms with E-state index in [-0.39, 0.29) is 6.04 Å². The Bertz CT molecular complexity index is 901. The Balaban J connectivity index is 1.54. The number of aromatic nitrogens is 1. The summed E-state index contributed by atoms with van der Waals surface area (Å²) < 4.78 is 5.49. The average molecular weight is 428 g/mol. The van der Waals surface area contributed by atoms with E-state index in [2.05, 4.69) is 22.8 Å². The van der Waals surface area contributed by atoms with Crippen molar-refractivity contribution in [1.29, 1.82) is 0 Å². The summed E-state index contributed by atoms with van der Waals surface area (Å²) in [5.74, 6) is 5.63. The zero-order valence-electron chi connectivity index (χ0n) is 18.1. The van der Waals surface area contributed by atoms with Crippen LogP contribution in [-0.4, -0.2) is 65.8 Å². The molecule has 5 atom stereocenters. The van der Waals surface area contributed by atoms with Crippen LogP contribution in [0.3, 0.4) is 0 Å². The average Bonchev–Trinajstić information content (AvgIpc) is 2.83. The molecule has 6 rings (SSSR count). The Labute approximate surface area is 183 Å². The lowest BCUT2D eigenvalue weighted by Crippen LogP contribution is -2.55. The van der Waals surface area contributed by atoms with E-state index < -0.39 is 6.10 Å². The van der Waals surface area contributed by atoms with Crippen LogP contribution in [0.4, 0.5) is 5.82 Å². The number of anilines is 1. The number of hydrogen-bond donors (Lipinski definition) is 1. The molecule has 4 fully saturated rings. The van der Waals surface area contributed by atoms with Gasteiger partial charge in [-0.15, -0.1) is 0 Å². The van der Waals surface area contributed by atoms with Crippen LogP contribution in [0.25, 0.3) is 10.9 Å². The maximum atomic E-state index is 11.7. The van der Waals surface area contributed by atoms with Gasteiger partial charge in [-0.2, -0.15) is 11.8 Å².